The van der Waals surface area contributed by atoms with E-state index in [1.54, 1.807) is 43.5 Å². The number of hydrogen-bond donors (Lipinski definition) is 1. The van der Waals surface area contributed by atoms with Gasteiger partial charge in [0.1, 0.15) is 11.8 Å². The molecule has 0 spiro atoms. The van der Waals surface area contributed by atoms with Crippen molar-refractivity contribution in [2.24, 2.45) is 0 Å². The maximum absolute atomic E-state index is 14.2. The SMILES string of the molecule is COc1ccc(C(C(=O)NC2CCCC2)N(C(=O)c2ccc(S(=O)(=O)N3CCOCC3)cc2)c2ccccc2)cc1. The van der Waals surface area contributed by atoms with E-state index in [9.17, 15) is 18.0 Å². The zero-order valence-corrected chi connectivity index (χ0v) is 23.9. The van der Waals surface area contributed by atoms with Gasteiger partial charge in [-0.05, 0) is 66.9 Å². The molecule has 1 heterocycles. The van der Waals surface area contributed by atoms with Gasteiger partial charge in [0.25, 0.3) is 5.91 Å². The molecule has 1 N–H and O–H groups in total. The van der Waals surface area contributed by atoms with Crippen molar-refractivity contribution in [1.82, 2.24) is 9.62 Å². The molecule has 2 fully saturated rings. The Hall–Kier alpha value is -3.73. The number of para-hydroxylation sites is 1. The predicted molar refractivity (Wildman–Crippen MR) is 155 cm³/mol. The molecular weight excluding hydrogens is 542 g/mol. The van der Waals surface area contributed by atoms with Crippen molar-refractivity contribution in [2.45, 2.75) is 42.7 Å². The smallest absolute Gasteiger partial charge is 0.259 e. The van der Waals surface area contributed by atoms with E-state index in [0.717, 1.165) is 25.7 Å². The maximum Gasteiger partial charge on any atom is 0.259 e. The van der Waals surface area contributed by atoms with E-state index < -0.39 is 22.0 Å². The molecule has 1 saturated heterocycles. The molecule has 41 heavy (non-hydrogen) atoms. The molecule has 2 aliphatic rings. The van der Waals surface area contributed by atoms with Gasteiger partial charge in [-0.3, -0.25) is 14.5 Å². The number of carbonyl (C=O) groups is 2. The van der Waals surface area contributed by atoms with Gasteiger partial charge in [-0.1, -0.05) is 43.2 Å². The fourth-order valence-electron chi connectivity index (χ4n) is 5.37. The van der Waals surface area contributed by atoms with Gasteiger partial charge in [-0.15, -0.1) is 0 Å². The van der Waals surface area contributed by atoms with Crippen LogP contribution in [-0.2, 0) is 19.6 Å². The number of sulfonamides is 1. The standard InChI is InChI=1S/C31H35N3O6S/c1-39-27-15-11-23(12-16-27)29(30(35)32-25-7-5-6-8-25)34(26-9-3-2-4-10-26)31(36)24-13-17-28(18-14-24)41(37,38)33-19-21-40-22-20-33/h2-4,9-18,25,29H,5-8,19-22H2,1H3,(H,32,35). The third kappa shape index (κ3) is 6.45. The molecule has 1 saturated carbocycles. The highest BCUT2D eigenvalue weighted by Gasteiger charge is 2.35. The van der Waals surface area contributed by atoms with Crippen LogP contribution in [0.5, 0.6) is 5.75 Å². The Morgan fingerprint density at radius 3 is 2.17 bits per heavy atom. The highest BCUT2D eigenvalue weighted by molar-refractivity contribution is 7.89. The number of carbonyl (C=O) groups excluding carboxylic acids is 2. The van der Waals surface area contributed by atoms with Crippen LogP contribution in [0.4, 0.5) is 5.69 Å². The van der Waals surface area contributed by atoms with Gasteiger partial charge in [-0.25, -0.2) is 8.42 Å². The third-order valence-electron chi connectivity index (χ3n) is 7.60. The minimum Gasteiger partial charge on any atom is -0.497 e. The average molecular weight is 578 g/mol. The minimum atomic E-state index is -3.72. The number of ether oxygens (including phenoxy) is 2. The van der Waals surface area contributed by atoms with Crippen molar-refractivity contribution in [2.75, 3.05) is 38.3 Å². The van der Waals surface area contributed by atoms with Crippen LogP contribution in [-0.4, -0.2) is 64.0 Å². The van der Waals surface area contributed by atoms with Crippen molar-refractivity contribution in [3.63, 3.8) is 0 Å². The highest BCUT2D eigenvalue weighted by atomic mass is 32.2. The number of anilines is 1. The third-order valence-corrected chi connectivity index (χ3v) is 9.51. The summed E-state index contributed by atoms with van der Waals surface area (Å²) in [5.74, 6) is -0.0574. The number of hydrogen-bond acceptors (Lipinski definition) is 6. The maximum atomic E-state index is 14.2. The summed E-state index contributed by atoms with van der Waals surface area (Å²) in [4.78, 5) is 29.8. The average Bonchev–Trinajstić information content (AvgIpc) is 3.53. The molecule has 3 aromatic rings. The van der Waals surface area contributed by atoms with E-state index in [-0.39, 0.29) is 35.5 Å². The second kappa shape index (κ2) is 12.8. The fourth-order valence-corrected chi connectivity index (χ4v) is 6.78. The Kier molecular flexibility index (Phi) is 9.02. The lowest BCUT2D eigenvalue weighted by atomic mass is 10.0. The van der Waals surface area contributed by atoms with Gasteiger partial charge in [0.05, 0.1) is 25.2 Å². The van der Waals surface area contributed by atoms with Crippen LogP contribution < -0.4 is 15.0 Å². The minimum absolute atomic E-state index is 0.0562. The molecule has 5 rings (SSSR count). The van der Waals surface area contributed by atoms with Gasteiger partial charge >= 0.3 is 0 Å². The lowest BCUT2D eigenvalue weighted by Crippen LogP contribution is -2.46. The van der Waals surface area contributed by atoms with Crippen molar-refractivity contribution < 1.29 is 27.5 Å². The van der Waals surface area contributed by atoms with Crippen LogP contribution in [0.25, 0.3) is 0 Å². The Morgan fingerprint density at radius 2 is 1.56 bits per heavy atom. The summed E-state index contributed by atoms with van der Waals surface area (Å²) in [6.45, 7) is 1.25. The predicted octanol–water partition coefficient (Wildman–Crippen LogP) is 4.16. The molecule has 2 amide bonds. The van der Waals surface area contributed by atoms with Crippen LogP contribution in [0.3, 0.4) is 0 Å². The van der Waals surface area contributed by atoms with Gasteiger partial charge < -0.3 is 14.8 Å². The van der Waals surface area contributed by atoms with Crippen LogP contribution in [0.15, 0.2) is 83.8 Å². The summed E-state index contributed by atoms with van der Waals surface area (Å²) in [6, 6.07) is 21.2. The molecule has 216 valence electrons. The summed E-state index contributed by atoms with van der Waals surface area (Å²) >= 11 is 0. The van der Waals surface area contributed by atoms with E-state index >= 15 is 0 Å². The van der Waals surface area contributed by atoms with E-state index in [2.05, 4.69) is 5.32 Å². The van der Waals surface area contributed by atoms with Crippen LogP contribution in [0, 0.1) is 0 Å². The first-order valence-corrected chi connectivity index (χ1v) is 15.3. The van der Waals surface area contributed by atoms with Crippen molar-refractivity contribution >= 4 is 27.5 Å². The zero-order valence-electron chi connectivity index (χ0n) is 23.1. The van der Waals surface area contributed by atoms with E-state index in [1.165, 1.54) is 33.5 Å². The van der Waals surface area contributed by atoms with Crippen molar-refractivity contribution in [1.29, 1.82) is 0 Å². The van der Waals surface area contributed by atoms with Crippen LogP contribution >= 0.6 is 0 Å². The molecule has 0 aromatic heterocycles. The quantitative estimate of drug-likeness (QED) is 0.410. The molecular formula is C31H35N3O6S. The number of morpholine rings is 1. The Morgan fingerprint density at radius 1 is 0.927 bits per heavy atom. The van der Waals surface area contributed by atoms with E-state index in [4.69, 9.17) is 9.47 Å². The molecule has 9 nitrogen and oxygen atoms in total. The summed E-state index contributed by atoms with van der Waals surface area (Å²) in [5, 5.41) is 3.17. The van der Waals surface area contributed by atoms with Gasteiger partial charge in [0.15, 0.2) is 0 Å². The summed E-state index contributed by atoms with van der Waals surface area (Å²) in [7, 11) is -2.15. The van der Waals surface area contributed by atoms with Crippen LogP contribution in [0.1, 0.15) is 47.6 Å². The van der Waals surface area contributed by atoms with Gasteiger partial charge in [0, 0.05) is 30.4 Å². The summed E-state index contributed by atoms with van der Waals surface area (Å²) in [6.07, 6.45) is 3.91. The Balaban J connectivity index is 1.52. The first kappa shape index (κ1) is 28.8. The number of amides is 2. The molecule has 0 bridgehead atoms. The zero-order chi connectivity index (χ0) is 28.8. The Labute approximate surface area is 241 Å². The largest absolute Gasteiger partial charge is 0.497 e. The molecule has 10 heteroatoms. The molecule has 1 aliphatic heterocycles. The topological polar surface area (TPSA) is 105 Å². The van der Waals surface area contributed by atoms with Crippen molar-refractivity contribution in [3.05, 3.63) is 90.0 Å². The van der Waals surface area contributed by atoms with Gasteiger partial charge in [-0.2, -0.15) is 4.31 Å². The first-order chi connectivity index (χ1) is 19.9. The number of nitrogens with zero attached hydrogens (tertiary/aromatic N) is 2. The molecule has 1 unspecified atom stereocenters. The fraction of sp³-hybridized carbons (Fsp3) is 0.355. The lowest BCUT2D eigenvalue weighted by molar-refractivity contribution is -0.123. The first-order valence-electron chi connectivity index (χ1n) is 13.9. The molecule has 3 aromatic carbocycles. The second-order valence-electron chi connectivity index (χ2n) is 10.2. The summed E-state index contributed by atoms with van der Waals surface area (Å²) < 4.78 is 38.3. The number of nitrogens with one attached hydrogen (secondary N) is 1. The number of rotatable bonds is 9. The highest BCUT2D eigenvalue weighted by Crippen LogP contribution is 2.32. The molecule has 1 aliphatic carbocycles. The summed E-state index contributed by atoms with van der Waals surface area (Å²) in [5.41, 5.74) is 1.44. The monoisotopic (exact) mass is 577 g/mol. The van der Waals surface area contributed by atoms with Crippen LogP contribution in [0.2, 0.25) is 0 Å². The molecule has 0 radical (unpaired) electrons. The van der Waals surface area contributed by atoms with Crippen molar-refractivity contribution in [3.8, 4) is 5.75 Å². The normalized spacial score (nSPS) is 17.1. The van der Waals surface area contributed by atoms with E-state index in [0.29, 0.717) is 30.2 Å². The second-order valence-corrected chi connectivity index (χ2v) is 12.2. The Bertz CT molecular complexity index is 1430. The molecule has 1 atom stereocenters. The lowest BCUT2D eigenvalue weighted by Gasteiger charge is -2.32. The number of benzene rings is 3. The van der Waals surface area contributed by atoms with E-state index in [1.807, 2.05) is 18.2 Å². The van der Waals surface area contributed by atoms with Gasteiger partial charge in [0.2, 0.25) is 15.9 Å². The number of methoxy groups -OCH3 is 1.